The molecule has 1 saturated carbocycles. The van der Waals surface area contributed by atoms with Crippen molar-refractivity contribution in [3.8, 4) is 0 Å². The van der Waals surface area contributed by atoms with E-state index in [0.717, 1.165) is 12.8 Å². The number of esters is 1. The van der Waals surface area contributed by atoms with Crippen molar-refractivity contribution >= 4 is 11.9 Å². The van der Waals surface area contributed by atoms with Gasteiger partial charge in [0.15, 0.2) is 0 Å². The molecule has 0 saturated heterocycles. The maximum absolute atomic E-state index is 11.7. The fraction of sp³-hybridized carbons (Fsp3) is 0.765. The Balaban J connectivity index is 2.46. The van der Waals surface area contributed by atoms with Gasteiger partial charge in [0, 0.05) is 5.57 Å². The van der Waals surface area contributed by atoms with E-state index < -0.39 is 17.5 Å². The number of allylic oxidation sites excluding steroid dienone is 1. The molecule has 1 fully saturated rings. The molecular formula is C17H28O4. The SMILES string of the molecule is CC(C)(C)OC(=O)CC(=CCCC1CCCCC1)C(=O)O. The third-order valence-corrected chi connectivity index (χ3v) is 3.72. The second-order valence-electron chi connectivity index (χ2n) is 6.88. The van der Waals surface area contributed by atoms with Crippen LogP contribution in [0.3, 0.4) is 0 Å². The van der Waals surface area contributed by atoms with Crippen LogP contribution in [0.15, 0.2) is 11.6 Å². The smallest absolute Gasteiger partial charge is 0.331 e. The van der Waals surface area contributed by atoms with E-state index in [9.17, 15) is 14.7 Å². The Hall–Kier alpha value is -1.32. The zero-order chi connectivity index (χ0) is 15.9. The Morgan fingerprint density at radius 2 is 1.81 bits per heavy atom. The molecule has 1 rings (SSSR count). The first-order valence-corrected chi connectivity index (χ1v) is 7.92. The Morgan fingerprint density at radius 3 is 2.33 bits per heavy atom. The molecule has 0 unspecified atom stereocenters. The third-order valence-electron chi connectivity index (χ3n) is 3.72. The lowest BCUT2D eigenvalue weighted by Crippen LogP contribution is -2.24. The number of carboxylic acids is 1. The second-order valence-corrected chi connectivity index (χ2v) is 6.88. The number of carbonyl (C=O) groups excluding carboxylic acids is 1. The van der Waals surface area contributed by atoms with Crippen molar-refractivity contribution in [3.63, 3.8) is 0 Å². The molecule has 4 heteroatoms. The molecule has 21 heavy (non-hydrogen) atoms. The summed E-state index contributed by atoms with van der Waals surface area (Å²) in [6.07, 6.45) is 9.70. The van der Waals surface area contributed by atoms with E-state index in [1.807, 2.05) is 0 Å². The average molecular weight is 296 g/mol. The highest BCUT2D eigenvalue weighted by Crippen LogP contribution is 2.27. The molecule has 120 valence electrons. The van der Waals surface area contributed by atoms with Gasteiger partial charge >= 0.3 is 11.9 Å². The highest BCUT2D eigenvalue weighted by Gasteiger charge is 2.20. The number of rotatable bonds is 6. The first kappa shape index (κ1) is 17.7. The van der Waals surface area contributed by atoms with Gasteiger partial charge in [-0.1, -0.05) is 38.2 Å². The number of hydrogen-bond donors (Lipinski definition) is 1. The molecule has 0 spiro atoms. The van der Waals surface area contributed by atoms with Crippen LogP contribution >= 0.6 is 0 Å². The van der Waals surface area contributed by atoms with Gasteiger partial charge < -0.3 is 9.84 Å². The number of ether oxygens (including phenoxy) is 1. The van der Waals surface area contributed by atoms with Crippen LogP contribution in [0.2, 0.25) is 0 Å². The number of carboxylic acid groups (broad SMARTS) is 1. The van der Waals surface area contributed by atoms with E-state index in [-0.39, 0.29) is 12.0 Å². The summed E-state index contributed by atoms with van der Waals surface area (Å²) in [7, 11) is 0. The summed E-state index contributed by atoms with van der Waals surface area (Å²) in [6.45, 7) is 5.33. The second kappa shape index (κ2) is 8.20. The lowest BCUT2D eigenvalue weighted by Gasteiger charge is -2.21. The highest BCUT2D eigenvalue weighted by atomic mass is 16.6. The van der Waals surface area contributed by atoms with Crippen LogP contribution < -0.4 is 0 Å². The zero-order valence-electron chi connectivity index (χ0n) is 13.5. The molecule has 0 aromatic heterocycles. The monoisotopic (exact) mass is 296 g/mol. The van der Waals surface area contributed by atoms with Gasteiger partial charge in [0.2, 0.25) is 0 Å². The van der Waals surface area contributed by atoms with Crippen LogP contribution in [-0.4, -0.2) is 22.6 Å². The van der Waals surface area contributed by atoms with E-state index in [2.05, 4.69) is 0 Å². The predicted molar refractivity (Wildman–Crippen MR) is 82.0 cm³/mol. The van der Waals surface area contributed by atoms with Gasteiger partial charge in [-0.2, -0.15) is 0 Å². The topological polar surface area (TPSA) is 63.6 Å². The average Bonchev–Trinajstić information content (AvgIpc) is 2.36. The molecule has 0 aromatic carbocycles. The van der Waals surface area contributed by atoms with E-state index in [4.69, 9.17) is 4.74 Å². The van der Waals surface area contributed by atoms with Gasteiger partial charge in [-0.25, -0.2) is 4.79 Å². The minimum absolute atomic E-state index is 0.153. The molecular weight excluding hydrogens is 268 g/mol. The van der Waals surface area contributed by atoms with Crippen molar-refractivity contribution in [2.75, 3.05) is 0 Å². The van der Waals surface area contributed by atoms with Crippen LogP contribution in [0, 0.1) is 5.92 Å². The van der Waals surface area contributed by atoms with E-state index in [1.54, 1.807) is 26.8 Å². The molecule has 0 aliphatic heterocycles. The summed E-state index contributed by atoms with van der Waals surface area (Å²) in [6, 6.07) is 0. The summed E-state index contributed by atoms with van der Waals surface area (Å²) in [4.78, 5) is 22.9. The summed E-state index contributed by atoms with van der Waals surface area (Å²) in [5.41, 5.74) is -0.428. The quantitative estimate of drug-likeness (QED) is 0.592. The highest BCUT2D eigenvalue weighted by molar-refractivity contribution is 5.92. The fourth-order valence-corrected chi connectivity index (χ4v) is 2.74. The molecule has 4 nitrogen and oxygen atoms in total. The van der Waals surface area contributed by atoms with Crippen LogP contribution in [0.25, 0.3) is 0 Å². The lowest BCUT2D eigenvalue weighted by molar-refractivity contribution is -0.155. The van der Waals surface area contributed by atoms with Gasteiger partial charge in [0.1, 0.15) is 5.60 Å². The van der Waals surface area contributed by atoms with Crippen molar-refractivity contribution in [1.82, 2.24) is 0 Å². The van der Waals surface area contributed by atoms with Crippen molar-refractivity contribution in [1.29, 1.82) is 0 Å². The Bertz CT molecular complexity index is 384. The summed E-state index contributed by atoms with van der Waals surface area (Å²) < 4.78 is 5.17. The number of carbonyl (C=O) groups is 2. The minimum atomic E-state index is -1.02. The lowest BCUT2D eigenvalue weighted by atomic mass is 9.86. The van der Waals surface area contributed by atoms with Crippen LogP contribution in [-0.2, 0) is 14.3 Å². The number of hydrogen-bond acceptors (Lipinski definition) is 3. The van der Waals surface area contributed by atoms with Gasteiger partial charge in [0.25, 0.3) is 0 Å². The molecule has 0 bridgehead atoms. The standard InChI is InChI=1S/C17H28O4/c1-17(2,3)21-15(18)12-14(16(19)20)11-7-10-13-8-5-4-6-9-13/h11,13H,4-10,12H2,1-3H3,(H,19,20). The van der Waals surface area contributed by atoms with E-state index in [0.29, 0.717) is 5.92 Å². The van der Waals surface area contributed by atoms with Crippen molar-refractivity contribution in [2.45, 2.75) is 77.7 Å². The molecule has 0 atom stereocenters. The molecule has 1 N–H and O–H groups in total. The van der Waals surface area contributed by atoms with Crippen molar-refractivity contribution in [2.24, 2.45) is 5.92 Å². The molecule has 1 aliphatic carbocycles. The van der Waals surface area contributed by atoms with Gasteiger partial charge in [-0.05, 0) is 39.5 Å². The maximum Gasteiger partial charge on any atom is 0.331 e. The molecule has 0 heterocycles. The maximum atomic E-state index is 11.7. The summed E-state index contributed by atoms with van der Waals surface area (Å²) in [5.74, 6) is -0.787. The fourth-order valence-electron chi connectivity index (χ4n) is 2.74. The van der Waals surface area contributed by atoms with Crippen LogP contribution in [0.1, 0.15) is 72.1 Å². The summed E-state index contributed by atoms with van der Waals surface area (Å²) in [5, 5.41) is 9.18. The Labute approximate surface area is 127 Å². The Kier molecular flexibility index (Phi) is 6.93. The van der Waals surface area contributed by atoms with E-state index >= 15 is 0 Å². The molecule has 0 aromatic rings. The van der Waals surface area contributed by atoms with Crippen LogP contribution in [0.4, 0.5) is 0 Å². The first-order valence-electron chi connectivity index (χ1n) is 7.92. The van der Waals surface area contributed by atoms with Gasteiger partial charge in [0.05, 0.1) is 6.42 Å². The molecule has 0 radical (unpaired) electrons. The van der Waals surface area contributed by atoms with Crippen molar-refractivity contribution < 1.29 is 19.4 Å². The normalized spacial score (nSPS) is 17.6. The Morgan fingerprint density at radius 1 is 1.19 bits per heavy atom. The predicted octanol–water partition coefficient (Wildman–Crippen LogP) is 4.09. The van der Waals surface area contributed by atoms with Gasteiger partial charge in [-0.3, -0.25) is 4.79 Å². The van der Waals surface area contributed by atoms with Gasteiger partial charge in [-0.15, -0.1) is 0 Å². The zero-order valence-corrected chi connectivity index (χ0v) is 13.5. The number of aliphatic carboxylic acids is 1. The van der Waals surface area contributed by atoms with Crippen molar-refractivity contribution in [3.05, 3.63) is 11.6 Å². The minimum Gasteiger partial charge on any atom is -0.478 e. The third kappa shape index (κ3) is 7.88. The first-order chi connectivity index (χ1) is 9.78. The van der Waals surface area contributed by atoms with Crippen LogP contribution in [0.5, 0.6) is 0 Å². The molecule has 0 amide bonds. The largest absolute Gasteiger partial charge is 0.478 e. The summed E-state index contributed by atoms with van der Waals surface area (Å²) >= 11 is 0. The van der Waals surface area contributed by atoms with E-state index in [1.165, 1.54) is 32.1 Å². The molecule has 1 aliphatic rings.